The van der Waals surface area contributed by atoms with Crippen molar-refractivity contribution in [2.45, 2.75) is 94.0 Å². The van der Waals surface area contributed by atoms with Crippen LogP contribution in [0.1, 0.15) is 55.2 Å². The molecule has 0 saturated heterocycles. The first-order valence-electron chi connectivity index (χ1n) is 20.6. The summed E-state index contributed by atoms with van der Waals surface area (Å²) in [4.78, 5) is 108. The molecule has 6 atom stereocenters. The summed E-state index contributed by atoms with van der Waals surface area (Å²) in [6.45, 7) is 0.303. The van der Waals surface area contributed by atoms with Gasteiger partial charge in [-0.25, -0.2) is 4.79 Å². The molecule has 1 aromatic heterocycles. The maximum absolute atomic E-state index is 14.1. The number of carboxylic acids is 2. The van der Waals surface area contributed by atoms with E-state index in [1.807, 2.05) is 0 Å². The molecule has 20 heteroatoms. The average Bonchev–Trinajstić information content (AvgIpc) is 3.67. The number of benzene rings is 3. The van der Waals surface area contributed by atoms with E-state index >= 15 is 0 Å². The van der Waals surface area contributed by atoms with Crippen molar-refractivity contribution in [2.24, 2.45) is 17.2 Å². The fraction of sp³-hybridized carbons (Fsp3) is 0.364. The molecule has 4 aromatic rings. The molecule has 20 nitrogen and oxygen atoms in total. The number of fused-ring (bicyclic) bond motifs is 1. The molecule has 0 unspecified atom stereocenters. The topological polar surface area (TPSA) is 351 Å². The number of phenolic OH excluding ortho intramolecular Hbond substituents is 1. The highest BCUT2D eigenvalue weighted by atomic mass is 16.4. The van der Waals surface area contributed by atoms with Crippen LogP contribution in [0, 0.1) is 0 Å². The van der Waals surface area contributed by atoms with Crippen molar-refractivity contribution in [2.75, 3.05) is 6.54 Å². The first kappa shape index (κ1) is 49.3. The Balaban J connectivity index is 1.58. The van der Waals surface area contributed by atoms with Crippen LogP contribution in [-0.4, -0.2) is 110 Å². The zero-order valence-corrected chi connectivity index (χ0v) is 35.0. The number of para-hydroxylation sites is 1. The van der Waals surface area contributed by atoms with Gasteiger partial charge in [0.1, 0.15) is 36.0 Å². The predicted molar refractivity (Wildman–Crippen MR) is 233 cm³/mol. The summed E-state index contributed by atoms with van der Waals surface area (Å²) in [5.74, 6) is -8.46. The third-order valence-electron chi connectivity index (χ3n) is 10.3. The maximum atomic E-state index is 14.1. The van der Waals surface area contributed by atoms with Gasteiger partial charge in [-0.15, -0.1) is 0 Å². The number of hydrogen-bond donors (Lipinski definition) is 12. The molecule has 0 aliphatic heterocycles. The van der Waals surface area contributed by atoms with Crippen LogP contribution >= 0.6 is 0 Å². The molecule has 64 heavy (non-hydrogen) atoms. The number of amides is 6. The predicted octanol–water partition coefficient (Wildman–Crippen LogP) is -0.393. The molecule has 4 rings (SSSR count). The van der Waals surface area contributed by atoms with Crippen LogP contribution in [0.25, 0.3) is 10.9 Å². The first-order valence-corrected chi connectivity index (χ1v) is 20.6. The number of H-pyrrole nitrogens is 1. The molecular formula is C44H55N9O11. The van der Waals surface area contributed by atoms with Crippen LogP contribution in [0.5, 0.6) is 5.75 Å². The van der Waals surface area contributed by atoms with Crippen molar-refractivity contribution in [1.82, 2.24) is 31.6 Å². The standard InChI is InChI=1S/C44H55N9O11/c45-19-7-6-12-33(44(63)64)50-42(61)35(22-27-24-48-31-11-5-4-10-29(27)31)52-40(59)32(17-18-37(47)55)49-43(62)36(23-38(56)57)53-41(60)34(21-25-8-2-1-3-9-25)51-39(58)30(46)20-26-13-15-28(54)16-14-26/h1-5,8-11,13-16,24,30,32-36,48,54H,6-7,12,17-23,45-46H2,(H2,47,55)(H,49,62)(H,50,61)(H,51,58)(H,52,59)(H,53,60)(H,56,57)(H,63,64)/t30-,32-,33-,34-,35-,36-/m0/s1. The van der Waals surface area contributed by atoms with Crippen molar-refractivity contribution in [3.8, 4) is 5.75 Å². The Labute approximate surface area is 368 Å². The van der Waals surface area contributed by atoms with Crippen LogP contribution in [0.3, 0.4) is 0 Å². The zero-order valence-electron chi connectivity index (χ0n) is 35.0. The van der Waals surface area contributed by atoms with E-state index in [1.165, 1.54) is 12.1 Å². The number of primary amides is 1. The van der Waals surface area contributed by atoms with Gasteiger partial charge in [0.05, 0.1) is 12.5 Å². The van der Waals surface area contributed by atoms with E-state index < -0.39 is 103 Å². The fourth-order valence-corrected chi connectivity index (χ4v) is 6.82. The molecule has 0 aliphatic rings. The monoisotopic (exact) mass is 885 g/mol. The number of aromatic amines is 1. The van der Waals surface area contributed by atoms with Crippen LogP contribution in [0.2, 0.25) is 0 Å². The van der Waals surface area contributed by atoms with Crippen LogP contribution in [0.15, 0.2) is 85.1 Å². The number of unbranched alkanes of at least 4 members (excludes halogenated alkanes) is 1. The van der Waals surface area contributed by atoms with E-state index in [4.69, 9.17) is 17.2 Å². The van der Waals surface area contributed by atoms with Gasteiger partial charge >= 0.3 is 11.9 Å². The number of nitrogens with two attached hydrogens (primary N) is 3. The summed E-state index contributed by atoms with van der Waals surface area (Å²) in [6.07, 6.45) is 0.454. The van der Waals surface area contributed by atoms with E-state index in [-0.39, 0.29) is 31.4 Å². The van der Waals surface area contributed by atoms with Gasteiger partial charge in [-0.05, 0) is 73.5 Å². The minimum atomic E-state index is -1.84. The summed E-state index contributed by atoms with van der Waals surface area (Å²) in [5, 5.41) is 42.4. The van der Waals surface area contributed by atoms with Crippen molar-refractivity contribution >= 4 is 58.3 Å². The number of aromatic nitrogens is 1. The van der Waals surface area contributed by atoms with E-state index in [0.717, 1.165) is 0 Å². The van der Waals surface area contributed by atoms with E-state index in [2.05, 4.69) is 31.6 Å². The summed E-state index contributed by atoms with van der Waals surface area (Å²) in [7, 11) is 0. The molecule has 342 valence electrons. The number of hydrogen-bond acceptors (Lipinski definition) is 11. The largest absolute Gasteiger partial charge is 0.508 e. The normalized spacial score (nSPS) is 13.8. The Bertz CT molecular complexity index is 2250. The van der Waals surface area contributed by atoms with Crippen molar-refractivity contribution in [1.29, 1.82) is 0 Å². The Hall–Kier alpha value is -7.32. The lowest BCUT2D eigenvalue weighted by Gasteiger charge is -2.27. The Kier molecular flexibility index (Phi) is 18.8. The van der Waals surface area contributed by atoms with Gasteiger partial charge in [-0.2, -0.15) is 0 Å². The molecule has 3 aromatic carbocycles. The van der Waals surface area contributed by atoms with Crippen molar-refractivity contribution in [3.05, 3.63) is 102 Å². The smallest absolute Gasteiger partial charge is 0.326 e. The van der Waals surface area contributed by atoms with Gasteiger partial charge in [-0.3, -0.25) is 33.6 Å². The number of carbonyl (C=O) groups excluding carboxylic acids is 6. The van der Waals surface area contributed by atoms with Crippen molar-refractivity contribution in [3.63, 3.8) is 0 Å². The van der Waals surface area contributed by atoms with Gasteiger partial charge in [0.2, 0.25) is 35.4 Å². The van der Waals surface area contributed by atoms with E-state index in [1.54, 1.807) is 72.9 Å². The second-order valence-electron chi connectivity index (χ2n) is 15.3. The fourth-order valence-electron chi connectivity index (χ4n) is 6.82. The molecule has 15 N–H and O–H groups in total. The molecule has 0 aliphatic carbocycles. The Morgan fingerprint density at radius 1 is 0.594 bits per heavy atom. The second kappa shape index (κ2) is 24.4. The summed E-state index contributed by atoms with van der Waals surface area (Å²) in [6, 6.07) is 12.8. The molecule has 0 fully saturated rings. The minimum Gasteiger partial charge on any atom is -0.508 e. The van der Waals surface area contributed by atoms with Crippen LogP contribution in [-0.2, 0) is 57.6 Å². The highest BCUT2D eigenvalue weighted by Gasteiger charge is 2.34. The van der Waals surface area contributed by atoms with Crippen molar-refractivity contribution < 1.29 is 53.7 Å². The van der Waals surface area contributed by atoms with Crippen LogP contribution in [0.4, 0.5) is 0 Å². The molecule has 0 saturated carbocycles. The van der Waals surface area contributed by atoms with Gasteiger partial charge in [0.25, 0.3) is 0 Å². The number of carbonyl (C=O) groups is 8. The quantitative estimate of drug-likeness (QED) is 0.0358. The van der Waals surface area contributed by atoms with Crippen LogP contribution < -0.4 is 43.8 Å². The lowest BCUT2D eigenvalue weighted by atomic mass is 10.0. The molecule has 0 bridgehead atoms. The molecule has 6 amide bonds. The lowest BCUT2D eigenvalue weighted by Crippen LogP contribution is -2.60. The Morgan fingerprint density at radius 3 is 1.78 bits per heavy atom. The summed E-state index contributed by atoms with van der Waals surface area (Å²) < 4.78 is 0. The highest BCUT2D eigenvalue weighted by Crippen LogP contribution is 2.20. The molecule has 0 radical (unpaired) electrons. The van der Waals surface area contributed by atoms with Gasteiger partial charge < -0.3 is 64.1 Å². The highest BCUT2D eigenvalue weighted by molar-refractivity contribution is 5.98. The number of phenols is 1. The third kappa shape index (κ3) is 15.5. The molecular weight excluding hydrogens is 831 g/mol. The number of aromatic hydroxyl groups is 1. The number of nitrogens with one attached hydrogen (secondary N) is 6. The summed E-state index contributed by atoms with van der Waals surface area (Å²) >= 11 is 0. The SMILES string of the molecule is NCCCC[C@H](NC(=O)[C@H](Cc1c[nH]c2ccccc12)NC(=O)[C@H](CCC(N)=O)NC(=O)[C@H](CC(=O)O)NC(=O)[C@H](Cc1ccccc1)NC(=O)[C@@H](N)Cc1ccc(O)cc1)C(=O)O. The van der Waals surface area contributed by atoms with E-state index in [0.29, 0.717) is 47.0 Å². The van der Waals surface area contributed by atoms with Gasteiger partial charge in [-0.1, -0.05) is 60.7 Å². The number of rotatable bonds is 26. The van der Waals surface area contributed by atoms with Gasteiger partial charge in [0.15, 0.2) is 0 Å². The number of carboxylic acid groups (broad SMARTS) is 2. The second-order valence-corrected chi connectivity index (χ2v) is 15.3. The Morgan fingerprint density at radius 2 is 1.14 bits per heavy atom. The first-order chi connectivity index (χ1) is 30.5. The van der Waals surface area contributed by atoms with Gasteiger partial charge in [0, 0.05) is 36.4 Å². The summed E-state index contributed by atoms with van der Waals surface area (Å²) in [5.41, 5.74) is 19.6. The lowest BCUT2D eigenvalue weighted by molar-refractivity contribution is -0.142. The van der Waals surface area contributed by atoms with E-state index in [9.17, 15) is 53.7 Å². The third-order valence-corrected chi connectivity index (χ3v) is 10.3. The molecule has 1 heterocycles. The number of aliphatic carboxylic acids is 2. The minimum absolute atomic E-state index is 0.00941. The molecule has 0 spiro atoms. The maximum Gasteiger partial charge on any atom is 0.326 e. The zero-order chi connectivity index (χ0) is 46.8. The average molecular weight is 886 g/mol.